The van der Waals surface area contributed by atoms with Crippen LogP contribution >= 0.6 is 0 Å². The highest BCUT2D eigenvalue weighted by molar-refractivity contribution is 5.86. The number of aromatic nitrogens is 2. The first-order valence-electron chi connectivity index (χ1n) is 10.9. The van der Waals surface area contributed by atoms with Gasteiger partial charge in [0.1, 0.15) is 5.75 Å². The molecule has 7 heteroatoms. The molecule has 2 aromatic carbocycles. The second kappa shape index (κ2) is 9.26. The van der Waals surface area contributed by atoms with Gasteiger partial charge in [-0.3, -0.25) is 4.90 Å². The largest absolute Gasteiger partial charge is 0.494 e. The second-order valence-electron chi connectivity index (χ2n) is 7.82. The Hall–Kier alpha value is -3.61. The van der Waals surface area contributed by atoms with Crippen LogP contribution in [0.5, 0.6) is 5.75 Å². The van der Waals surface area contributed by atoms with Crippen molar-refractivity contribution in [3.63, 3.8) is 0 Å². The number of amides is 2. The monoisotopic (exact) mass is 432 g/mol. The molecule has 1 N–H and O–H groups in total. The third kappa shape index (κ3) is 4.23. The van der Waals surface area contributed by atoms with E-state index in [1.54, 1.807) is 4.90 Å². The van der Waals surface area contributed by atoms with E-state index in [1.807, 2.05) is 76.2 Å². The molecule has 0 aliphatic carbocycles. The number of allylic oxidation sites excluding steroid dienone is 1. The molecule has 1 aromatic heterocycles. The Balaban J connectivity index is 1.76. The van der Waals surface area contributed by atoms with E-state index in [-0.39, 0.29) is 6.03 Å². The summed E-state index contributed by atoms with van der Waals surface area (Å²) in [5.41, 5.74) is 4.58. The van der Waals surface area contributed by atoms with E-state index < -0.39 is 6.04 Å². The maximum absolute atomic E-state index is 12.9. The molecule has 1 aliphatic heterocycles. The number of nitrogens with one attached hydrogen (secondary N) is 1. The lowest BCUT2D eigenvalue weighted by atomic mass is 9.94. The van der Waals surface area contributed by atoms with Crippen LogP contribution in [0.4, 0.5) is 4.79 Å². The van der Waals surface area contributed by atoms with Crippen molar-refractivity contribution in [2.45, 2.75) is 40.2 Å². The first-order chi connectivity index (χ1) is 15.5. The molecular weight excluding hydrogens is 404 g/mol. The van der Waals surface area contributed by atoms with Crippen LogP contribution in [0.2, 0.25) is 0 Å². The number of aryl methyl sites for hydroxylation is 1. The van der Waals surface area contributed by atoms with Crippen LogP contribution in [0.15, 0.2) is 58.8 Å². The van der Waals surface area contributed by atoms with Gasteiger partial charge < -0.3 is 14.6 Å². The average molecular weight is 433 g/mol. The highest BCUT2D eigenvalue weighted by atomic mass is 16.5. The Kier molecular flexibility index (Phi) is 6.25. The number of nitrogens with zero attached hydrogens (tertiary/aromatic N) is 3. The van der Waals surface area contributed by atoms with E-state index in [0.717, 1.165) is 40.1 Å². The standard InChI is InChI=1S/C25H28N4O3/c1-5-15-29-17(4)21(24-27-23(28-32-24)19-9-7-16(3)8-10-19)22(26-25(29)30)18-11-13-20(14-12-18)31-6-2/h7-14,22H,5-6,15H2,1-4H3,(H,26,30). The van der Waals surface area contributed by atoms with Gasteiger partial charge in [-0.25, -0.2) is 4.79 Å². The van der Waals surface area contributed by atoms with Crippen molar-refractivity contribution in [3.8, 4) is 17.1 Å². The van der Waals surface area contributed by atoms with E-state index >= 15 is 0 Å². The summed E-state index contributed by atoms with van der Waals surface area (Å²) in [7, 11) is 0. The molecule has 7 nitrogen and oxygen atoms in total. The molecule has 1 aliphatic rings. The van der Waals surface area contributed by atoms with Gasteiger partial charge in [0.25, 0.3) is 5.89 Å². The van der Waals surface area contributed by atoms with Gasteiger partial charge in [-0.1, -0.05) is 54.0 Å². The SMILES string of the molecule is CCCN1C(=O)NC(c2ccc(OCC)cc2)C(c2nc(-c3ccc(C)cc3)no2)=C1C. The summed E-state index contributed by atoms with van der Waals surface area (Å²) in [5, 5.41) is 7.33. The smallest absolute Gasteiger partial charge is 0.322 e. The zero-order valence-corrected chi connectivity index (χ0v) is 18.9. The van der Waals surface area contributed by atoms with Gasteiger partial charge in [0, 0.05) is 17.8 Å². The number of benzene rings is 2. The number of carbonyl (C=O) groups excluding carboxylic acids is 1. The van der Waals surface area contributed by atoms with Crippen LogP contribution in [0.1, 0.15) is 50.3 Å². The Morgan fingerprint density at radius 2 is 1.78 bits per heavy atom. The van der Waals surface area contributed by atoms with E-state index in [9.17, 15) is 4.79 Å². The lowest BCUT2D eigenvalue weighted by molar-refractivity contribution is 0.205. The average Bonchev–Trinajstić information content (AvgIpc) is 3.27. The van der Waals surface area contributed by atoms with Crippen LogP contribution in [-0.4, -0.2) is 34.2 Å². The van der Waals surface area contributed by atoms with Gasteiger partial charge >= 0.3 is 6.03 Å². The topological polar surface area (TPSA) is 80.5 Å². The normalized spacial score (nSPS) is 16.3. The number of hydrogen-bond acceptors (Lipinski definition) is 5. The predicted octanol–water partition coefficient (Wildman–Crippen LogP) is 5.35. The summed E-state index contributed by atoms with van der Waals surface area (Å²) in [5.74, 6) is 1.70. The third-order valence-electron chi connectivity index (χ3n) is 5.53. The van der Waals surface area contributed by atoms with E-state index in [4.69, 9.17) is 9.26 Å². The number of carbonyl (C=O) groups is 1. The molecule has 4 rings (SSSR count). The van der Waals surface area contributed by atoms with Crippen molar-refractivity contribution in [1.29, 1.82) is 0 Å². The van der Waals surface area contributed by atoms with Crippen LogP contribution in [0.25, 0.3) is 17.0 Å². The maximum atomic E-state index is 12.9. The van der Waals surface area contributed by atoms with Gasteiger partial charge in [-0.05, 0) is 44.9 Å². The molecule has 0 bridgehead atoms. The zero-order valence-electron chi connectivity index (χ0n) is 18.9. The lowest BCUT2D eigenvalue weighted by Crippen LogP contribution is -2.46. The minimum Gasteiger partial charge on any atom is -0.494 e. The van der Waals surface area contributed by atoms with E-state index in [0.29, 0.717) is 24.9 Å². The predicted molar refractivity (Wildman–Crippen MR) is 123 cm³/mol. The fourth-order valence-corrected chi connectivity index (χ4v) is 3.88. The summed E-state index contributed by atoms with van der Waals surface area (Å²) < 4.78 is 11.3. The molecule has 0 fully saturated rings. The van der Waals surface area contributed by atoms with Crippen LogP contribution in [0.3, 0.4) is 0 Å². The Labute approximate surface area is 188 Å². The van der Waals surface area contributed by atoms with Crippen molar-refractivity contribution in [3.05, 3.63) is 71.2 Å². The van der Waals surface area contributed by atoms with Crippen molar-refractivity contribution in [2.24, 2.45) is 0 Å². The molecule has 1 unspecified atom stereocenters. The van der Waals surface area contributed by atoms with Crippen molar-refractivity contribution < 1.29 is 14.1 Å². The molecule has 166 valence electrons. The summed E-state index contributed by atoms with van der Waals surface area (Å²) in [6.45, 7) is 9.16. The zero-order chi connectivity index (χ0) is 22.7. The van der Waals surface area contributed by atoms with Gasteiger partial charge in [-0.2, -0.15) is 4.98 Å². The molecule has 0 spiro atoms. The highest BCUT2D eigenvalue weighted by Gasteiger charge is 2.35. The molecule has 0 radical (unpaired) electrons. The maximum Gasteiger partial charge on any atom is 0.322 e. The van der Waals surface area contributed by atoms with Gasteiger partial charge in [0.15, 0.2) is 0 Å². The number of ether oxygens (including phenoxy) is 1. The first-order valence-corrected chi connectivity index (χ1v) is 10.9. The quantitative estimate of drug-likeness (QED) is 0.544. The van der Waals surface area contributed by atoms with Crippen LogP contribution in [0, 0.1) is 6.92 Å². The van der Waals surface area contributed by atoms with E-state index in [1.165, 1.54) is 0 Å². The van der Waals surface area contributed by atoms with E-state index in [2.05, 4.69) is 15.5 Å². The molecule has 1 atom stereocenters. The van der Waals surface area contributed by atoms with Crippen molar-refractivity contribution >= 4 is 11.6 Å². The van der Waals surface area contributed by atoms with Gasteiger partial charge in [0.2, 0.25) is 5.82 Å². The number of hydrogen-bond donors (Lipinski definition) is 1. The number of rotatable bonds is 7. The molecule has 0 saturated carbocycles. The van der Waals surface area contributed by atoms with Crippen molar-refractivity contribution in [1.82, 2.24) is 20.4 Å². The fourth-order valence-electron chi connectivity index (χ4n) is 3.88. The molecule has 2 amide bonds. The first kappa shape index (κ1) is 21.6. The van der Waals surface area contributed by atoms with Gasteiger partial charge in [-0.15, -0.1) is 0 Å². The Bertz CT molecular complexity index is 1120. The van der Waals surface area contributed by atoms with Crippen molar-refractivity contribution in [2.75, 3.05) is 13.2 Å². The molecule has 3 aromatic rings. The second-order valence-corrected chi connectivity index (χ2v) is 7.82. The summed E-state index contributed by atoms with van der Waals surface area (Å²) in [6, 6.07) is 15.2. The minimum absolute atomic E-state index is 0.134. The molecule has 0 saturated heterocycles. The van der Waals surface area contributed by atoms with Gasteiger partial charge in [0.05, 0.1) is 18.2 Å². The fraction of sp³-hybridized carbons (Fsp3) is 0.320. The molecular formula is C25H28N4O3. The molecule has 32 heavy (non-hydrogen) atoms. The summed E-state index contributed by atoms with van der Waals surface area (Å²) in [6.07, 6.45) is 0.838. The summed E-state index contributed by atoms with van der Waals surface area (Å²) in [4.78, 5) is 19.3. The van der Waals surface area contributed by atoms with Crippen LogP contribution in [-0.2, 0) is 0 Å². The Morgan fingerprint density at radius 3 is 2.44 bits per heavy atom. The van der Waals surface area contributed by atoms with Crippen LogP contribution < -0.4 is 10.1 Å². The third-order valence-corrected chi connectivity index (χ3v) is 5.53. The number of urea groups is 1. The lowest BCUT2D eigenvalue weighted by Gasteiger charge is -2.35. The minimum atomic E-state index is -0.405. The Morgan fingerprint density at radius 1 is 1.06 bits per heavy atom. The highest BCUT2D eigenvalue weighted by Crippen LogP contribution is 2.37. The molecule has 2 heterocycles. The summed E-state index contributed by atoms with van der Waals surface area (Å²) >= 11 is 0.